The van der Waals surface area contributed by atoms with Crippen LogP contribution in [0.4, 0.5) is 13.2 Å². The van der Waals surface area contributed by atoms with Crippen LogP contribution in [0.1, 0.15) is 60.9 Å². The van der Waals surface area contributed by atoms with Crippen LogP contribution in [0.2, 0.25) is 5.02 Å². The van der Waals surface area contributed by atoms with E-state index in [2.05, 4.69) is 0 Å². The zero-order chi connectivity index (χ0) is 32.0. The number of ether oxygens (including phenoxy) is 3. The third-order valence-corrected chi connectivity index (χ3v) is 7.35. The highest BCUT2D eigenvalue weighted by atomic mass is 35.5. The fraction of sp³-hybridized carbons (Fsp3) is 0.333. The van der Waals surface area contributed by atoms with Gasteiger partial charge >= 0.3 is 12.1 Å². The maximum absolute atomic E-state index is 14.4. The predicted molar refractivity (Wildman–Crippen MR) is 161 cm³/mol. The minimum Gasteiger partial charge on any atom is -0.494 e. The lowest BCUT2D eigenvalue weighted by atomic mass is 10.1. The lowest BCUT2D eigenvalue weighted by Gasteiger charge is -2.21. The zero-order valence-electron chi connectivity index (χ0n) is 24.9. The molecule has 0 aliphatic heterocycles. The summed E-state index contributed by atoms with van der Waals surface area (Å²) in [6.45, 7) is 9.49. The monoisotopic (exact) mass is 632 g/mol. The molecule has 0 saturated heterocycles. The average molecular weight is 633 g/mol. The fourth-order valence-corrected chi connectivity index (χ4v) is 5.01. The first-order valence-corrected chi connectivity index (χ1v) is 14.8. The summed E-state index contributed by atoms with van der Waals surface area (Å²) in [5, 5.41) is 0.254. The molecule has 0 aliphatic rings. The maximum atomic E-state index is 14.4. The molecule has 4 rings (SSSR count). The first kappa shape index (κ1) is 32.9. The fourth-order valence-electron chi connectivity index (χ4n) is 4.89. The first-order valence-electron chi connectivity index (χ1n) is 14.4. The molecule has 0 atom stereocenters. The van der Waals surface area contributed by atoms with Gasteiger partial charge in [-0.2, -0.15) is 13.2 Å². The van der Waals surface area contributed by atoms with Gasteiger partial charge in [0.05, 0.1) is 36.2 Å². The minimum atomic E-state index is -5.07. The molecule has 0 spiro atoms. The van der Waals surface area contributed by atoms with E-state index in [1.54, 1.807) is 19.1 Å². The van der Waals surface area contributed by atoms with E-state index in [0.29, 0.717) is 36.0 Å². The number of carbonyl (C=O) groups is 1. The number of carbonyl (C=O) groups excluding carboxylic acids is 1. The molecule has 0 amide bonds. The molecule has 0 unspecified atom stereocenters. The van der Waals surface area contributed by atoms with Gasteiger partial charge in [-0.05, 0) is 86.8 Å². The summed E-state index contributed by atoms with van der Waals surface area (Å²) in [6, 6.07) is 13.2. The van der Waals surface area contributed by atoms with Crippen LogP contribution < -0.4 is 24.5 Å². The van der Waals surface area contributed by atoms with Crippen LogP contribution in [0.3, 0.4) is 0 Å². The summed E-state index contributed by atoms with van der Waals surface area (Å²) in [4.78, 5) is 27.8. The lowest BCUT2D eigenvalue weighted by molar-refractivity contribution is -0.913. The first-order chi connectivity index (χ1) is 21.0. The van der Waals surface area contributed by atoms with Crippen LogP contribution in [-0.2, 0) is 12.7 Å². The molecule has 3 aromatic carbocycles. The number of halogens is 4. The molecule has 1 N–H and O–H groups in total. The topological polar surface area (TPSA) is 79.4 Å². The Morgan fingerprint density at radius 3 is 2.20 bits per heavy atom. The van der Waals surface area contributed by atoms with Crippen LogP contribution in [0, 0.1) is 6.92 Å². The highest BCUT2D eigenvalue weighted by Gasteiger charge is 2.41. The summed E-state index contributed by atoms with van der Waals surface area (Å²) in [7, 11) is 0. The number of hydrogen-bond acceptors (Lipinski definition) is 6. The van der Waals surface area contributed by atoms with E-state index in [1.165, 1.54) is 42.5 Å². The van der Waals surface area contributed by atoms with E-state index >= 15 is 0 Å². The Morgan fingerprint density at radius 2 is 1.61 bits per heavy atom. The molecule has 1 heterocycles. The molecule has 234 valence electrons. The normalized spacial score (nSPS) is 11.7. The maximum Gasteiger partial charge on any atom is 0.453 e. The number of benzene rings is 3. The highest BCUT2D eigenvalue weighted by Crippen LogP contribution is 2.40. The Hall–Kier alpha value is -4.02. The smallest absolute Gasteiger partial charge is 0.453 e. The largest absolute Gasteiger partial charge is 0.494 e. The average Bonchev–Trinajstić information content (AvgIpc) is 2.97. The molecule has 4 aromatic rings. The van der Waals surface area contributed by atoms with Gasteiger partial charge in [0.15, 0.2) is 5.58 Å². The quantitative estimate of drug-likeness (QED) is 0.130. The molecule has 0 fully saturated rings. The van der Waals surface area contributed by atoms with Gasteiger partial charge < -0.3 is 23.5 Å². The Bertz CT molecular complexity index is 1680. The number of aryl methyl sites for hydroxylation is 1. The molecule has 1 aromatic heterocycles. The number of alkyl halides is 3. The molecular formula is C33H34ClF3NO6+. The summed E-state index contributed by atoms with van der Waals surface area (Å²) < 4.78 is 65.4. The SMILES string of the molecule is CCC[NH+](CCC)Cc1c(OC(=O)c2ccc(OCC)cc2)ccc2c(=O)c(Oc3ccc(Cl)c(C)c3)c(C(F)(F)F)oc12. The summed E-state index contributed by atoms with van der Waals surface area (Å²) in [6.07, 6.45) is -3.47. The van der Waals surface area contributed by atoms with Gasteiger partial charge in [-0.3, -0.25) is 4.79 Å². The van der Waals surface area contributed by atoms with Crippen molar-refractivity contribution in [3.8, 4) is 23.0 Å². The van der Waals surface area contributed by atoms with Gasteiger partial charge in [-0.25, -0.2) is 4.79 Å². The molecule has 7 nitrogen and oxygen atoms in total. The molecule has 11 heteroatoms. The van der Waals surface area contributed by atoms with Gasteiger partial charge in [0.1, 0.15) is 23.8 Å². The van der Waals surface area contributed by atoms with E-state index < -0.39 is 29.1 Å². The van der Waals surface area contributed by atoms with Gasteiger partial charge in [0.25, 0.3) is 5.76 Å². The van der Waals surface area contributed by atoms with Crippen molar-refractivity contribution in [2.75, 3.05) is 19.7 Å². The Balaban J connectivity index is 1.88. The second-order valence-electron chi connectivity index (χ2n) is 10.3. The lowest BCUT2D eigenvalue weighted by Crippen LogP contribution is -3.10. The van der Waals surface area contributed by atoms with Crippen LogP contribution in [0.5, 0.6) is 23.0 Å². The second-order valence-corrected chi connectivity index (χ2v) is 10.7. The number of nitrogens with one attached hydrogen (secondary N) is 1. The van der Waals surface area contributed by atoms with Gasteiger partial charge in [0.2, 0.25) is 11.2 Å². The van der Waals surface area contributed by atoms with Crippen molar-refractivity contribution in [3.05, 3.63) is 92.3 Å². The number of esters is 1. The number of rotatable bonds is 12. The third kappa shape index (κ3) is 7.54. The van der Waals surface area contributed by atoms with Crippen molar-refractivity contribution >= 4 is 28.5 Å². The summed E-state index contributed by atoms with van der Waals surface area (Å²) in [5.41, 5.74) is -0.382. The summed E-state index contributed by atoms with van der Waals surface area (Å²) >= 11 is 6.05. The molecule has 0 aliphatic carbocycles. The predicted octanol–water partition coefficient (Wildman–Crippen LogP) is 7.39. The molecule has 44 heavy (non-hydrogen) atoms. The van der Waals surface area contributed by atoms with Crippen molar-refractivity contribution in [1.82, 2.24) is 0 Å². The van der Waals surface area contributed by atoms with Crippen LogP contribution in [0.25, 0.3) is 11.0 Å². The van der Waals surface area contributed by atoms with E-state index in [-0.39, 0.29) is 40.1 Å². The summed E-state index contributed by atoms with van der Waals surface area (Å²) in [5.74, 6) is -2.75. The van der Waals surface area contributed by atoms with Crippen molar-refractivity contribution in [2.24, 2.45) is 0 Å². The minimum absolute atomic E-state index is 0.000593. The van der Waals surface area contributed by atoms with E-state index in [1.807, 2.05) is 20.8 Å². The molecular weight excluding hydrogens is 599 g/mol. The number of hydrogen-bond donors (Lipinski definition) is 1. The third-order valence-electron chi connectivity index (χ3n) is 6.92. The van der Waals surface area contributed by atoms with Crippen molar-refractivity contribution in [1.29, 1.82) is 0 Å². The van der Waals surface area contributed by atoms with Gasteiger partial charge in [0, 0.05) is 5.02 Å². The number of fused-ring (bicyclic) bond motifs is 1. The standard InChI is InChI=1S/C33H33ClF3NO6/c1-5-16-38(17-6-2)19-25-27(43-32(40)21-8-10-22(11-9-21)41-7-3)15-13-24-28(39)30(31(33(35,36)37)44-29(24)25)42-23-12-14-26(34)20(4)18-23/h8-15,18H,5-7,16-17,19H2,1-4H3/p+1. The van der Waals surface area contributed by atoms with Crippen molar-refractivity contribution < 1.29 is 41.5 Å². The second kappa shape index (κ2) is 14.2. The van der Waals surface area contributed by atoms with Crippen LogP contribution in [-0.4, -0.2) is 25.7 Å². The van der Waals surface area contributed by atoms with Crippen molar-refractivity contribution in [2.45, 2.75) is 53.3 Å². The van der Waals surface area contributed by atoms with Gasteiger partial charge in [-0.1, -0.05) is 25.4 Å². The van der Waals surface area contributed by atoms with Gasteiger partial charge in [-0.15, -0.1) is 0 Å². The van der Waals surface area contributed by atoms with Crippen molar-refractivity contribution in [3.63, 3.8) is 0 Å². The Labute approximate surface area is 258 Å². The molecule has 0 radical (unpaired) electrons. The van der Waals surface area contributed by atoms with Crippen LogP contribution in [0.15, 0.2) is 63.8 Å². The molecule has 0 saturated carbocycles. The van der Waals surface area contributed by atoms with E-state index in [9.17, 15) is 22.8 Å². The molecule has 0 bridgehead atoms. The zero-order valence-corrected chi connectivity index (χ0v) is 25.7. The Kier molecular flexibility index (Phi) is 10.6. The highest BCUT2D eigenvalue weighted by molar-refractivity contribution is 6.31. The Morgan fingerprint density at radius 1 is 0.955 bits per heavy atom. The van der Waals surface area contributed by atoms with Crippen LogP contribution >= 0.6 is 11.6 Å². The van der Waals surface area contributed by atoms with E-state index in [0.717, 1.165) is 17.7 Å². The number of quaternary nitrogens is 1. The van der Waals surface area contributed by atoms with E-state index in [4.69, 9.17) is 30.2 Å².